The minimum Gasteiger partial charge on any atom is -0.378 e. The van der Waals surface area contributed by atoms with Crippen LogP contribution in [0.1, 0.15) is 5.56 Å². The van der Waals surface area contributed by atoms with Crippen LogP contribution in [0.2, 0.25) is 5.02 Å². The van der Waals surface area contributed by atoms with Gasteiger partial charge in [0.1, 0.15) is 5.82 Å². The summed E-state index contributed by atoms with van der Waals surface area (Å²) in [5, 5.41) is 3.19. The van der Waals surface area contributed by atoms with E-state index in [4.69, 9.17) is 11.6 Å². The highest BCUT2D eigenvalue weighted by atomic mass is 79.9. The minimum atomic E-state index is -3.41. The van der Waals surface area contributed by atoms with Gasteiger partial charge in [-0.3, -0.25) is 0 Å². The molecule has 0 amide bonds. The summed E-state index contributed by atoms with van der Waals surface area (Å²) < 4.78 is 37.9. The summed E-state index contributed by atoms with van der Waals surface area (Å²) in [4.78, 5) is 0.137. The van der Waals surface area contributed by atoms with E-state index in [1.807, 2.05) is 0 Å². The third kappa shape index (κ3) is 3.96. The highest BCUT2D eigenvalue weighted by Gasteiger charge is 2.16. The second-order valence-corrected chi connectivity index (χ2v) is 7.77. The fourth-order valence-electron chi connectivity index (χ4n) is 1.87. The number of hydrogen-bond donors (Lipinski definition) is 1. The van der Waals surface area contributed by atoms with E-state index in [9.17, 15) is 12.8 Å². The zero-order valence-electron chi connectivity index (χ0n) is 11.0. The maximum absolute atomic E-state index is 13.7. The molecule has 0 radical (unpaired) electrons. The Bertz CT molecular complexity index is 781. The Kier molecular flexibility index (Phi) is 4.91. The number of nitrogens with one attached hydrogen (secondary N) is 1. The molecule has 0 aliphatic rings. The largest absolute Gasteiger partial charge is 0.378 e. The molecule has 3 nitrogen and oxygen atoms in total. The van der Waals surface area contributed by atoms with Crippen molar-refractivity contribution in [2.75, 3.05) is 11.6 Å². The van der Waals surface area contributed by atoms with Crippen LogP contribution in [0.5, 0.6) is 0 Å². The lowest BCUT2D eigenvalue weighted by Gasteiger charge is -2.13. The Hall–Kier alpha value is -1.11. The molecule has 0 heterocycles. The Balaban J connectivity index is 2.34. The molecule has 0 spiro atoms. The minimum absolute atomic E-state index is 0.107. The molecule has 0 aromatic heterocycles. The zero-order valence-corrected chi connectivity index (χ0v) is 14.2. The van der Waals surface area contributed by atoms with Gasteiger partial charge in [-0.15, -0.1) is 0 Å². The molecule has 2 aromatic rings. The average Bonchev–Trinajstić information content (AvgIpc) is 2.39. The van der Waals surface area contributed by atoms with Crippen LogP contribution in [0.3, 0.4) is 0 Å². The third-order valence-corrected chi connectivity index (χ3v) is 4.89. The van der Waals surface area contributed by atoms with Crippen molar-refractivity contribution < 1.29 is 12.8 Å². The first-order valence-corrected chi connectivity index (χ1v) is 9.01. The summed E-state index contributed by atoms with van der Waals surface area (Å²) in [6, 6.07) is 9.13. The van der Waals surface area contributed by atoms with Crippen molar-refractivity contribution in [1.29, 1.82) is 0 Å². The normalized spacial score (nSPS) is 11.4. The smallest absolute Gasteiger partial charge is 0.175 e. The SMILES string of the molecule is CS(=O)(=O)c1cccc(Cl)c1CNc1cc(Br)ccc1F. The van der Waals surface area contributed by atoms with Gasteiger partial charge in [0.05, 0.1) is 10.6 Å². The van der Waals surface area contributed by atoms with Gasteiger partial charge >= 0.3 is 0 Å². The lowest BCUT2D eigenvalue weighted by Crippen LogP contribution is -2.08. The predicted molar refractivity (Wildman–Crippen MR) is 86.0 cm³/mol. The van der Waals surface area contributed by atoms with Crippen molar-refractivity contribution in [1.82, 2.24) is 0 Å². The topological polar surface area (TPSA) is 46.2 Å². The van der Waals surface area contributed by atoms with E-state index in [0.717, 1.165) is 6.26 Å². The molecule has 0 bridgehead atoms. The van der Waals surface area contributed by atoms with Crippen LogP contribution in [0.25, 0.3) is 0 Å². The molecule has 7 heteroatoms. The summed E-state index contributed by atoms with van der Waals surface area (Å²) in [5.41, 5.74) is 0.685. The molecule has 0 fully saturated rings. The molecule has 0 atom stereocenters. The monoisotopic (exact) mass is 391 g/mol. The molecule has 0 aliphatic heterocycles. The standard InChI is InChI=1S/C14H12BrClFNO2S/c1-21(19,20)14-4-2-3-11(16)10(14)8-18-13-7-9(15)5-6-12(13)17/h2-7,18H,8H2,1H3. The van der Waals surface area contributed by atoms with E-state index in [0.29, 0.717) is 15.1 Å². The van der Waals surface area contributed by atoms with Gasteiger partial charge in [-0.1, -0.05) is 33.6 Å². The number of sulfone groups is 1. The third-order valence-electron chi connectivity index (χ3n) is 2.86. The number of rotatable bonds is 4. The van der Waals surface area contributed by atoms with Crippen molar-refractivity contribution in [2.24, 2.45) is 0 Å². The van der Waals surface area contributed by atoms with Crippen LogP contribution in [0.15, 0.2) is 45.8 Å². The fourth-order valence-corrected chi connectivity index (χ4v) is 3.49. The van der Waals surface area contributed by atoms with Crippen molar-refractivity contribution >= 4 is 43.1 Å². The molecule has 0 saturated carbocycles. The van der Waals surface area contributed by atoms with Crippen LogP contribution >= 0.6 is 27.5 Å². The van der Waals surface area contributed by atoms with Crippen molar-refractivity contribution in [2.45, 2.75) is 11.4 Å². The van der Waals surface area contributed by atoms with Gasteiger partial charge in [-0.25, -0.2) is 12.8 Å². The summed E-state index contributed by atoms with van der Waals surface area (Å²) in [6.45, 7) is 0.107. The Morgan fingerprint density at radius 3 is 2.67 bits per heavy atom. The van der Waals surface area contributed by atoms with Gasteiger partial charge in [0.2, 0.25) is 0 Å². The van der Waals surface area contributed by atoms with Gasteiger partial charge in [0, 0.05) is 27.9 Å². The Labute approximate surface area is 136 Å². The number of anilines is 1. The molecule has 1 N–H and O–H groups in total. The second kappa shape index (κ2) is 6.34. The van der Waals surface area contributed by atoms with Gasteiger partial charge in [-0.2, -0.15) is 0 Å². The van der Waals surface area contributed by atoms with Crippen LogP contribution < -0.4 is 5.32 Å². The van der Waals surface area contributed by atoms with Crippen molar-refractivity contribution in [3.63, 3.8) is 0 Å². The number of hydrogen-bond acceptors (Lipinski definition) is 3. The van der Waals surface area contributed by atoms with E-state index >= 15 is 0 Å². The second-order valence-electron chi connectivity index (χ2n) is 4.47. The van der Waals surface area contributed by atoms with Gasteiger partial charge in [0.25, 0.3) is 0 Å². The van der Waals surface area contributed by atoms with Crippen LogP contribution in [0.4, 0.5) is 10.1 Å². The van der Waals surface area contributed by atoms with Crippen LogP contribution in [-0.2, 0) is 16.4 Å². The number of halogens is 3. The first-order chi connectivity index (χ1) is 9.79. The molecular weight excluding hydrogens is 381 g/mol. The summed E-state index contributed by atoms with van der Waals surface area (Å²) >= 11 is 9.32. The number of benzene rings is 2. The van der Waals surface area contributed by atoms with Crippen molar-refractivity contribution in [3.8, 4) is 0 Å². The molecule has 2 aromatic carbocycles. The quantitative estimate of drug-likeness (QED) is 0.846. The van der Waals surface area contributed by atoms with Gasteiger partial charge < -0.3 is 5.32 Å². The van der Waals surface area contributed by atoms with E-state index in [1.54, 1.807) is 24.3 Å². The predicted octanol–water partition coefficient (Wildman–Crippen LogP) is 4.26. The summed E-state index contributed by atoms with van der Waals surface area (Å²) in [5.74, 6) is -0.425. The first-order valence-electron chi connectivity index (χ1n) is 5.95. The fraction of sp³-hybridized carbons (Fsp3) is 0.143. The van der Waals surface area contributed by atoms with Crippen molar-refractivity contribution in [3.05, 3.63) is 57.3 Å². The Morgan fingerprint density at radius 2 is 2.00 bits per heavy atom. The molecule has 2 rings (SSSR count). The van der Waals surface area contributed by atoms with E-state index in [-0.39, 0.29) is 17.1 Å². The highest BCUT2D eigenvalue weighted by molar-refractivity contribution is 9.10. The van der Waals surface area contributed by atoms with Gasteiger partial charge in [-0.05, 0) is 30.3 Å². The molecule has 21 heavy (non-hydrogen) atoms. The average molecular weight is 393 g/mol. The Morgan fingerprint density at radius 1 is 1.29 bits per heavy atom. The van der Waals surface area contributed by atoms with Gasteiger partial charge in [0.15, 0.2) is 9.84 Å². The van der Waals surface area contributed by atoms with E-state index in [1.165, 1.54) is 12.1 Å². The molecule has 112 valence electrons. The molecule has 0 unspecified atom stereocenters. The maximum Gasteiger partial charge on any atom is 0.175 e. The molecule has 0 aliphatic carbocycles. The molecule has 0 saturated heterocycles. The lowest BCUT2D eigenvalue weighted by molar-refractivity contribution is 0.601. The zero-order chi connectivity index (χ0) is 15.6. The summed E-state index contributed by atoms with van der Waals surface area (Å²) in [7, 11) is -3.41. The molecular formula is C14H12BrClFNO2S. The van der Waals surface area contributed by atoms with E-state index in [2.05, 4.69) is 21.2 Å². The van der Waals surface area contributed by atoms with E-state index < -0.39 is 15.7 Å². The summed E-state index contributed by atoms with van der Waals surface area (Å²) in [6.07, 6.45) is 1.11. The van der Waals surface area contributed by atoms with Crippen LogP contribution in [0, 0.1) is 5.82 Å². The maximum atomic E-state index is 13.7. The lowest BCUT2D eigenvalue weighted by atomic mass is 10.2. The highest BCUT2D eigenvalue weighted by Crippen LogP contribution is 2.26. The van der Waals surface area contributed by atoms with Crippen LogP contribution in [-0.4, -0.2) is 14.7 Å². The first kappa shape index (κ1) is 16.3.